The zero-order valence-electron chi connectivity index (χ0n) is 27.6. The highest BCUT2D eigenvalue weighted by Crippen LogP contribution is 2.69. The Morgan fingerprint density at radius 2 is 1.61 bits per heavy atom. The zero-order valence-corrected chi connectivity index (χ0v) is 27.6. The largest absolute Gasteiger partial charge is 0.295 e. The molecule has 6 heteroatoms. The molecule has 0 aliphatic heterocycles. The summed E-state index contributed by atoms with van der Waals surface area (Å²) in [5, 5.41) is 17.7. The Balaban J connectivity index is 1.21. The SMILES string of the molecule is CC1(C)C(=O)C(C#N)=C[C@]2(C)C3=CC(=O)C[C@@](C)(CC[C@]4(C)CC[C@@](C)(c5nc(-c6ccccc6)n[nH]5)CC4)[C@]3(C)CC[C@@H]12. The van der Waals surface area contributed by atoms with Gasteiger partial charge in [0.15, 0.2) is 17.4 Å². The van der Waals surface area contributed by atoms with Crippen molar-refractivity contribution in [3.05, 3.63) is 59.5 Å². The van der Waals surface area contributed by atoms with E-state index in [1.165, 1.54) is 0 Å². The third-order valence-corrected chi connectivity index (χ3v) is 13.2. The lowest BCUT2D eigenvalue weighted by Gasteiger charge is -2.63. The second kappa shape index (κ2) is 10.1. The molecule has 2 aromatic rings. The molecule has 2 fully saturated rings. The van der Waals surface area contributed by atoms with Crippen LogP contribution < -0.4 is 0 Å². The van der Waals surface area contributed by atoms with Gasteiger partial charge < -0.3 is 0 Å². The number of allylic oxidation sites excluding steroid dienone is 4. The number of benzene rings is 1. The molecular weight excluding hydrogens is 544 g/mol. The van der Waals surface area contributed by atoms with Crippen molar-refractivity contribution in [2.75, 3.05) is 0 Å². The Labute approximate surface area is 262 Å². The number of hydrogen-bond acceptors (Lipinski definition) is 5. The Bertz CT molecular complexity index is 1600. The molecule has 0 unspecified atom stereocenters. The fourth-order valence-corrected chi connectivity index (χ4v) is 9.71. The van der Waals surface area contributed by atoms with Gasteiger partial charge in [-0.25, -0.2) is 4.98 Å². The molecule has 0 amide bonds. The fourth-order valence-electron chi connectivity index (χ4n) is 9.71. The van der Waals surface area contributed by atoms with Crippen LogP contribution in [0, 0.1) is 44.3 Å². The summed E-state index contributed by atoms with van der Waals surface area (Å²) in [4.78, 5) is 31.7. The quantitative estimate of drug-likeness (QED) is 0.375. The number of Topliss-reactive ketones (excluding diaryl/α,β-unsaturated/α-hetero) is 1. The molecule has 4 atom stereocenters. The van der Waals surface area contributed by atoms with Crippen molar-refractivity contribution in [3.63, 3.8) is 0 Å². The van der Waals surface area contributed by atoms with Crippen LogP contribution in [0.25, 0.3) is 11.4 Å². The van der Waals surface area contributed by atoms with Gasteiger partial charge in [-0.2, -0.15) is 10.4 Å². The van der Waals surface area contributed by atoms with E-state index in [-0.39, 0.29) is 44.7 Å². The first-order chi connectivity index (χ1) is 20.6. The Morgan fingerprint density at radius 1 is 0.932 bits per heavy atom. The molecule has 232 valence electrons. The molecular formula is C38H48N4O2. The van der Waals surface area contributed by atoms with Crippen molar-refractivity contribution in [1.29, 1.82) is 5.26 Å². The molecule has 1 N–H and O–H groups in total. The van der Waals surface area contributed by atoms with Gasteiger partial charge in [-0.3, -0.25) is 14.7 Å². The average molecular weight is 593 g/mol. The first-order valence-corrected chi connectivity index (χ1v) is 16.5. The monoisotopic (exact) mass is 592 g/mol. The minimum Gasteiger partial charge on any atom is -0.295 e. The normalized spacial score (nSPS) is 38.2. The van der Waals surface area contributed by atoms with E-state index in [0.29, 0.717) is 6.42 Å². The first kappa shape index (κ1) is 30.7. The Hall–Kier alpha value is -3.33. The number of H-pyrrole nitrogens is 1. The number of nitrogens with one attached hydrogen (secondary N) is 1. The van der Waals surface area contributed by atoms with E-state index >= 15 is 0 Å². The summed E-state index contributed by atoms with van der Waals surface area (Å²) in [7, 11) is 0. The van der Waals surface area contributed by atoms with Gasteiger partial charge in [-0.15, -0.1) is 0 Å². The highest BCUT2D eigenvalue weighted by Gasteiger charge is 2.63. The highest BCUT2D eigenvalue weighted by atomic mass is 16.1. The lowest BCUT2D eigenvalue weighted by molar-refractivity contribution is -0.133. The van der Waals surface area contributed by atoms with Gasteiger partial charge in [-0.1, -0.05) is 90.4 Å². The molecule has 1 heterocycles. The average Bonchev–Trinajstić information content (AvgIpc) is 3.49. The summed E-state index contributed by atoms with van der Waals surface area (Å²) >= 11 is 0. The van der Waals surface area contributed by atoms with Crippen molar-refractivity contribution < 1.29 is 9.59 Å². The van der Waals surface area contributed by atoms with Crippen LogP contribution in [0.1, 0.15) is 112 Å². The number of carbonyl (C=O) groups is 2. The number of ketones is 2. The van der Waals surface area contributed by atoms with Gasteiger partial charge in [0.2, 0.25) is 0 Å². The van der Waals surface area contributed by atoms with Crippen molar-refractivity contribution >= 4 is 11.6 Å². The molecule has 6 rings (SSSR count). The summed E-state index contributed by atoms with van der Waals surface area (Å²) in [6.07, 6.45) is 12.6. The van der Waals surface area contributed by atoms with E-state index in [4.69, 9.17) is 4.98 Å². The summed E-state index contributed by atoms with van der Waals surface area (Å²) < 4.78 is 0. The second-order valence-corrected chi connectivity index (χ2v) is 16.4. The smallest absolute Gasteiger partial charge is 0.181 e. The summed E-state index contributed by atoms with van der Waals surface area (Å²) in [6, 6.07) is 12.3. The van der Waals surface area contributed by atoms with Gasteiger partial charge in [0.25, 0.3) is 0 Å². The van der Waals surface area contributed by atoms with Crippen LogP contribution in [0.3, 0.4) is 0 Å². The number of fused-ring (bicyclic) bond motifs is 3. The molecule has 1 aromatic carbocycles. The minimum absolute atomic E-state index is 0.0326. The molecule has 0 bridgehead atoms. The highest BCUT2D eigenvalue weighted by molar-refractivity contribution is 6.04. The van der Waals surface area contributed by atoms with E-state index in [0.717, 1.165) is 74.2 Å². The molecule has 0 saturated heterocycles. The van der Waals surface area contributed by atoms with Gasteiger partial charge in [0, 0.05) is 28.2 Å². The van der Waals surface area contributed by atoms with E-state index in [1.54, 1.807) is 0 Å². The van der Waals surface area contributed by atoms with Crippen LogP contribution in [-0.2, 0) is 15.0 Å². The molecule has 4 aliphatic rings. The van der Waals surface area contributed by atoms with Crippen LogP contribution in [0.4, 0.5) is 0 Å². The van der Waals surface area contributed by atoms with Crippen LogP contribution in [0.15, 0.2) is 53.6 Å². The number of aromatic nitrogens is 3. The molecule has 44 heavy (non-hydrogen) atoms. The number of nitrogens with zero attached hydrogens (tertiary/aromatic N) is 3. The number of rotatable bonds is 5. The molecule has 0 spiro atoms. The lowest BCUT2D eigenvalue weighted by atomic mass is 9.40. The summed E-state index contributed by atoms with van der Waals surface area (Å²) in [6.45, 7) is 15.6. The summed E-state index contributed by atoms with van der Waals surface area (Å²) in [5.74, 6) is 1.93. The van der Waals surface area contributed by atoms with Crippen molar-refractivity contribution in [2.24, 2.45) is 33.0 Å². The van der Waals surface area contributed by atoms with E-state index in [9.17, 15) is 14.9 Å². The number of nitriles is 1. The van der Waals surface area contributed by atoms with E-state index in [1.807, 2.05) is 56.3 Å². The second-order valence-electron chi connectivity index (χ2n) is 16.4. The maximum Gasteiger partial charge on any atom is 0.181 e. The van der Waals surface area contributed by atoms with E-state index < -0.39 is 10.8 Å². The van der Waals surface area contributed by atoms with Crippen molar-refractivity contribution in [3.8, 4) is 17.5 Å². The number of hydrogen-bond donors (Lipinski definition) is 1. The lowest BCUT2D eigenvalue weighted by Crippen LogP contribution is -2.57. The maximum absolute atomic E-state index is 13.5. The number of aromatic amines is 1. The van der Waals surface area contributed by atoms with Gasteiger partial charge >= 0.3 is 0 Å². The zero-order chi connectivity index (χ0) is 31.8. The van der Waals surface area contributed by atoms with Gasteiger partial charge in [0.1, 0.15) is 11.9 Å². The van der Waals surface area contributed by atoms with Crippen LogP contribution >= 0.6 is 0 Å². The fraction of sp³-hybridized carbons (Fsp3) is 0.605. The predicted octanol–water partition coefficient (Wildman–Crippen LogP) is 8.48. The van der Waals surface area contributed by atoms with E-state index in [2.05, 4.69) is 50.9 Å². The third-order valence-electron chi connectivity index (χ3n) is 13.2. The van der Waals surface area contributed by atoms with Gasteiger partial charge in [-0.05, 0) is 79.6 Å². The Morgan fingerprint density at radius 3 is 2.27 bits per heavy atom. The standard InChI is InChI=1S/C38H48N4O2/c1-33(2)28-13-14-38(7)29(37(28,6)22-26(24-39)30(33)44)21-27(43)23-36(38,5)20-17-34(3)15-18-35(4,19-16-34)32-40-31(41-42-32)25-11-9-8-10-12-25/h8-12,21-22,28H,13-20,23H2,1-7H3,(H,40,41,42)/t28-,34-,35-,36+,37-,38+/m0/s1. The first-order valence-electron chi connectivity index (χ1n) is 16.5. The molecule has 6 nitrogen and oxygen atoms in total. The maximum atomic E-state index is 13.5. The molecule has 2 saturated carbocycles. The predicted molar refractivity (Wildman–Crippen MR) is 172 cm³/mol. The minimum atomic E-state index is -0.638. The van der Waals surface area contributed by atoms with Crippen LogP contribution in [-0.4, -0.2) is 26.7 Å². The van der Waals surface area contributed by atoms with Crippen molar-refractivity contribution in [2.45, 2.75) is 112 Å². The summed E-state index contributed by atoms with van der Waals surface area (Å²) in [5.41, 5.74) is 1.10. The number of carbonyl (C=O) groups excluding carboxylic acids is 2. The molecule has 0 radical (unpaired) electrons. The molecule has 4 aliphatic carbocycles. The van der Waals surface area contributed by atoms with Crippen LogP contribution in [0.2, 0.25) is 0 Å². The molecule has 1 aromatic heterocycles. The third kappa shape index (κ3) is 4.56. The Kier molecular flexibility index (Phi) is 7.04. The van der Waals surface area contributed by atoms with Crippen LogP contribution in [0.5, 0.6) is 0 Å². The van der Waals surface area contributed by atoms with Gasteiger partial charge in [0.05, 0.1) is 5.57 Å². The van der Waals surface area contributed by atoms with Crippen molar-refractivity contribution in [1.82, 2.24) is 15.2 Å². The topological polar surface area (TPSA) is 99.5 Å².